The summed E-state index contributed by atoms with van der Waals surface area (Å²) in [4.78, 5) is 16.1. The Bertz CT molecular complexity index is 968. The topological polar surface area (TPSA) is 45.5 Å². The van der Waals surface area contributed by atoms with E-state index in [4.69, 9.17) is 4.42 Å². The van der Waals surface area contributed by atoms with Crippen molar-refractivity contribution in [1.82, 2.24) is 4.90 Å². The van der Waals surface area contributed by atoms with Crippen molar-refractivity contribution in [2.24, 2.45) is 0 Å². The van der Waals surface area contributed by atoms with Gasteiger partial charge in [-0.15, -0.1) is 11.3 Å². The molecule has 1 amide bonds. The maximum absolute atomic E-state index is 12.7. The molecule has 0 aliphatic heterocycles. The van der Waals surface area contributed by atoms with E-state index in [2.05, 4.69) is 21.7 Å². The van der Waals surface area contributed by atoms with Crippen molar-refractivity contribution in [1.29, 1.82) is 0 Å². The lowest BCUT2D eigenvalue weighted by molar-refractivity contribution is -0.117. The van der Waals surface area contributed by atoms with Crippen LogP contribution in [0.5, 0.6) is 0 Å². The Morgan fingerprint density at radius 3 is 2.67 bits per heavy atom. The number of anilines is 1. The van der Waals surface area contributed by atoms with Crippen LogP contribution < -0.4 is 5.32 Å². The molecule has 2 aromatic carbocycles. The molecule has 0 unspecified atom stereocenters. The van der Waals surface area contributed by atoms with Gasteiger partial charge in [0.15, 0.2) is 0 Å². The smallest absolute Gasteiger partial charge is 0.238 e. The maximum Gasteiger partial charge on any atom is 0.238 e. The molecule has 5 heteroatoms. The maximum atomic E-state index is 12.7. The molecule has 0 atom stereocenters. The quantitative estimate of drug-likeness (QED) is 0.486. The lowest BCUT2D eigenvalue weighted by Gasteiger charge is -2.20. The number of fused-ring (bicyclic) bond motifs is 1. The van der Waals surface area contributed by atoms with Crippen LogP contribution in [-0.4, -0.2) is 17.4 Å². The molecule has 0 spiro atoms. The molecule has 0 saturated carbocycles. The number of nitrogens with one attached hydrogen (secondary N) is 1. The summed E-state index contributed by atoms with van der Waals surface area (Å²) >= 11 is 1.69. The van der Waals surface area contributed by atoms with E-state index in [1.165, 1.54) is 4.88 Å². The van der Waals surface area contributed by atoms with Gasteiger partial charge in [-0.05, 0) is 35.0 Å². The Hall–Kier alpha value is -2.89. The predicted octanol–water partition coefficient (Wildman–Crippen LogP) is 5.14. The van der Waals surface area contributed by atoms with E-state index >= 15 is 0 Å². The molecule has 136 valence electrons. The third-order valence-electron chi connectivity index (χ3n) is 4.35. The second-order valence-corrected chi connectivity index (χ2v) is 7.41. The summed E-state index contributed by atoms with van der Waals surface area (Å²) in [6.45, 7) is 1.59. The molecule has 4 rings (SSSR count). The van der Waals surface area contributed by atoms with Crippen molar-refractivity contribution in [3.63, 3.8) is 0 Å². The third-order valence-corrected chi connectivity index (χ3v) is 5.21. The minimum absolute atomic E-state index is 0.0329. The van der Waals surface area contributed by atoms with Crippen LogP contribution in [0.4, 0.5) is 5.69 Å². The molecular weight excluding hydrogens is 356 g/mol. The van der Waals surface area contributed by atoms with Crippen molar-refractivity contribution in [3.8, 4) is 0 Å². The zero-order valence-electron chi connectivity index (χ0n) is 14.8. The van der Waals surface area contributed by atoms with Crippen molar-refractivity contribution < 1.29 is 9.21 Å². The molecule has 2 heterocycles. The highest BCUT2D eigenvalue weighted by Gasteiger charge is 2.15. The molecule has 0 saturated heterocycles. The summed E-state index contributed by atoms with van der Waals surface area (Å²) in [6.07, 6.45) is 1.66. The highest BCUT2D eigenvalue weighted by Crippen LogP contribution is 2.23. The number of nitrogens with zero attached hydrogens (tertiary/aromatic N) is 1. The van der Waals surface area contributed by atoms with E-state index in [0.717, 1.165) is 22.2 Å². The van der Waals surface area contributed by atoms with Crippen molar-refractivity contribution in [2.75, 3.05) is 11.9 Å². The summed E-state index contributed by atoms with van der Waals surface area (Å²) < 4.78 is 5.47. The van der Waals surface area contributed by atoms with Gasteiger partial charge in [0.25, 0.3) is 0 Å². The number of amides is 1. The fraction of sp³-hybridized carbons (Fsp3) is 0.136. The predicted molar refractivity (Wildman–Crippen MR) is 110 cm³/mol. The fourth-order valence-corrected chi connectivity index (χ4v) is 3.89. The number of furan rings is 1. The minimum atomic E-state index is -0.0329. The average molecular weight is 376 g/mol. The SMILES string of the molecule is O=C(CN(Cc1ccco1)Cc1cccs1)Nc1cccc2ccccc12. The van der Waals surface area contributed by atoms with Gasteiger partial charge in [0.05, 0.1) is 19.4 Å². The summed E-state index contributed by atoms with van der Waals surface area (Å²) in [5.41, 5.74) is 0.840. The fourth-order valence-electron chi connectivity index (χ4n) is 3.14. The molecule has 0 bridgehead atoms. The first-order valence-electron chi connectivity index (χ1n) is 8.83. The van der Waals surface area contributed by atoms with Crippen LogP contribution in [0.1, 0.15) is 10.6 Å². The van der Waals surface area contributed by atoms with Gasteiger partial charge in [0, 0.05) is 22.5 Å². The molecule has 0 radical (unpaired) electrons. The summed E-state index contributed by atoms with van der Waals surface area (Å²) in [6, 6.07) is 21.9. The van der Waals surface area contributed by atoms with Gasteiger partial charge in [-0.25, -0.2) is 0 Å². The Labute approximate surface area is 162 Å². The number of thiophene rings is 1. The number of carbonyl (C=O) groups excluding carboxylic acids is 1. The lowest BCUT2D eigenvalue weighted by Crippen LogP contribution is -2.32. The Morgan fingerprint density at radius 2 is 1.85 bits per heavy atom. The molecule has 27 heavy (non-hydrogen) atoms. The monoisotopic (exact) mass is 376 g/mol. The Balaban J connectivity index is 1.48. The van der Waals surface area contributed by atoms with E-state index in [-0.39, 0.29) is 5.91 Å². The van der Waals surface area contributed by atoms with Crippen molar-refractivity contribution in [2.45, 2.75) is 13.1 Å². The van der Waals surface area contributed by atoms with E-state index in [1.54, 1.807) is 17.6 Å². The second-order valence-electron chi connectivity index (χ2n) is 6.38. The van der Waals surface area contributed by atoms with E-state index in [0.29, 0.717) is 19.6 Å². The van der Waals surface area contributed by atoms with Gasteiger partial charge in [0.2, 0.25) is 5.91 Å². The zero-order valence-corrected chi connectivity index (χ0v) is 15.6. The summed E-state index contributed by atoms with van der Waals surface area (Å²) in [5.74, 6) is 0.819. The zero-order chi connectivity index (χ0) is 18.5. The molecule has 4 nitrogen and oxygen atoms in total. The number of carbonyl (C=O) groups is 1. The van der Waals surface area contributed by atoms with Crippen molar-refractivity contribution >= 4 is 33.7 Å². The minimum Gasteiger partial charge on any atom is -0.468 e. The van der Waals surface area contributed by atoms with E-state index < -0.39 is 0 Å². The van der Waals surface area contributed by atoms with Crippen LogP contribution in [0.15, 0.2) is 82.8 Å². The van der Waals surface area contributed by atoms with Crippen LogP contribution in [0.2, 0.25) is 0 Å². The van der Waals surface area contributed by atoms with Crippen LogP contribution in [0.25, 0.3) is 10.8 Å². The number of benzene rings is 2. The third kappa shape index (κ3) is 4.45. The van der Waals surface area contributed by atoms with E-state index in [9.17, 15) is 4.79 Å². The molecule has 0 fully saturated rings. The van der Waals surface area contributed by atoms with Gasteiger partial charge in [-0.1, -0.05) is 42.5 Å². The number of hydrogen-bond acceptors (Lipinski definition) is 4. The molecule has 1 N–H and O–H groups in total. The first-order valence-corrected chi connectivity index (χ1v) is 9.70. The normalized spacial score (nSPS) is 11.1. The van der Waals surface area contributed by atoms with Gasteiger partial charge >= 0.3 is 0 Å². The molecule has 2 aromatic heterocycles. The van der Waals surface area contributed by atoms with Gasteiger partial charge in [-0.2, -0.15) is 0 Å². The van der Waals surface area contributed by atoms with Crippen LogP contribution in [0.3, 0.4) is 0 Å². The van der Waals surface area contributed by atoms with Crippen LogP contribution >= 0.6 is 11.3 Å². The number of rotatable bonds is 7. The highest BCUT2D eigenvalue weighted by molar-refractivity contribution is 7.09. The Morgan fingerprint density at radius 1 is 0.963 bits per heavy atom. The summed E-state index contributed by atoms with van der Waals surface area (Å²) in [7, 11) is 0. The number of hydrogen-bond donors (Lipinski definition) is 1. The summed E-state index contributed by atoms with van der Waals surface area (Å²) in [5, 5.41) is 7.28. The van der Waals surface area contributed by atoms with Crippen LogP contribution in [0, 0.1) is 0 Å². The molecular formula is C22H20N2O2S. The second kappa shape index (κ2) is 8.20. The molecule has 4 aromatic rings. The molecule has 0 aliphatic rings. The Kier molecular flexibility index (Phi) is 5.32. The largest absolute Gasteiger partial charge is 0.468 e. The highest BCUT2D eigenvalue weighted by atomic mass is 32.1. The van der Waals surface area contributed by atoms with Crippen molar-refractivity contribution in [3.05, 3.63) is 89.0 Å². The lowest BCUT2D eigenvalue weighted by atomic mass is 10.1. The standard InChI is InChI=1S/C22H20N2O2S/c25-22(23-21-11-3-7-17-6-1-2-10-20(17)21)16-24(14-18-8-4-12-26-18)15-19-9-5-13-27-19/h1-13H,14-16H2,(H,23,25). The first kappa shape index (κ1) is 17.5. The average Bonchev–Trinajstić information content (AvgIpc) is 3.36. The first-order chi connectivity index (χ1) is 13.3. The van der Waals surface area contributed by atoms with E-state index in [1.807, 2.05) is 60.7 Å². The molecule has 0 aliphatic carbocycles. The van der Waals surface area contributed by atoms with Crippen LogP contribution in [-0.2, 0) is 17.9 Å². The van der Waals surface area contributed by atoms with Gasteiger partial charge < -0.3 is 9.73 Å². The van der Waals surface area contributed by atoms with Gasteiger partial charge in [0.1, 0.15) is 5.76 Å². The van der Waals surface area contributed by atoms with Gasteiger partial charge in [-0.3, -0.25) is 9.69 Å².